The molecule has 0 aromatic heterocycles. The number of hydrogen-bond donors (Lipinski definition) is 1. The molecule has 1 aliphatic carbocycles. The zero-order chi connectivity index (χ0) is 16.5. The zero-order valence-electron chi connectivity index (χ0n) is 13.5. The lowest BCUT2D eigenvalue weighted by atomic mass is 10.0. The number of ether oxygens (including phenoxy) is 1. The van der Waals surface area contributed by atoms with Crippen molar-refractivity contribution in [1.29, 1.82) is 0 Å². The Balaban J connectivity index is 1.99. The van der Waals surface area contributed by atoms with Crippen molar-refractivity contribution in [1.82, 2.24) is 5.32 Å². The fourth-order valence-electron chi connectivity index (χ4n) is 2.27. The van der Waals surface area contributed by atoms with Gasteiger partial charge in [-0.05, 0) is 57.7 Å². The summed E-state index contributed by atoms with van der Waals surface area (Å²) in [5, 5.41) is 3.42. The zero-order valence-corrected chi connectivity index (χ0v) is 14.2. The van der Waals surface area contributed by atoms with E-state index in [-0.39, 0.29) is 12.2 Å². The van der Waals surface area contributed by atoms with Gasteiger partial charge >= 0.3 is 6.09 Å². The van der Waals surface area contributed by atoms with Crippen molar-refractivity contribution < 1.29 is 14.3 Å². The Labute approximate surface area is 136 Å². The Bertz CT molecular complexity index is 600. The molecule has 120 valence electrons. The predicted octanol–water partition coefficient (Wildman–Crippen LogP) is 3.82. The van der Waals surface area contributed by atoms with E-state index >= 15 is 0 Å². The van der Waals surface area contributed by atoms with Gasteiger partial charge in [-0.1, -0.05) is 23.7 Å². The molecule has 0 radical (unpaired) electrons. The number of rotatable bonds is 4. The molecule has 0 spiro atoms. The third-order valence-electron chi connectivity index (χ3n) is 3.61. The molecule has 1 amide bonds. The van der Waals surface area contributed by atoms with E-state index in [1.54, 1.807) is 26.8 Å². The Morgan fingerprint density at radius 3 is 2.45 bits per heavy atom. The molecule has 1 fully saturated rings. The molecule has 0 aliphatic heterocycles. The monoisotopic (exact) mass is 323 g/mol. The van der Waals surface area contributed by atoms with E-state index in [9.17, 15) is 9.59 Å². The minimum Gasteiger partial charge on any atom is -0.444 e. The summed E-state index contributed by atoms with van der Waals surface area (Å²) < 4.78 is 5.23. The fraction of sp³-hybridized carbons (Fsp3) is 0.529. The van der Waals surface area contributed by atoms with Gasteiger partial charge in [0.05, 0.1) is 0 Å². The molecule has 22 heavy (non-hydrogen) atoms. The first-order valence-corrected chi connectivity index (χ1v) is 7.79. The molecule has 0 unspecified atom stereocenters. The minimum absolute atomic E-state index is 0.0140. The van der Waals surface area contributed by atoms with Gasteiger partial charge < -0.3 is 10.1 Å². The quantitative estimate of drug-likeness (QED) is 0.916. The van der Waals surface area contributed by atoms with Crippen molar-refractivity contribution in [3.63, 3.8) is 0 Å². The molecule has 0 bridgehead atoms. The van der Waals surface area contributed by atoms with Crippen molar-refractivity contribution in [3.05, 3.63) is 34.3 Å². The first-order valence-electron chi connectivity index (χ1n) is 7.41. The highest BCUT2D eigenvalue weighted by atomic mass is 35.5. The van der Waals surface area contributed by atoms with Crippen molar-refractivity contribution in [2.75, 3.05) is 0 Å². The van der Waals surface area contributed by atoms with Crippen LogP contribution >= 0.6 is 11.6 Å². The van der Waals surface area contributed by atoms with Gasteiger partial charge in [0, 0.05) is 11.4 Å². The first-order chi connectivity index (χ1) is 10.1. The summed E-state index contributed by atoms with van der Waals surface area (Å²) in [5.74, 6) is 0.0140. The number of benzene rings is 1. The summed E-state index contributed by atoms with van der Waals surface area (Å²) in [5.41, 5.74) is 0.521. The van der Waals surface area contributed by atoms with Crippen molar-refractivity contribution >= 4 is 23.5 Å². The van der Waals surface area contributed by atoms with Crippen LogP contribution in [0.15, 0.2) is 18.2 Å². The molecule has 5 heteroatoms. The number of aryl methyl sites for hydroxylation is 1. The molecule has 0 heterocycles. The van der Waals surface area contributed by atoms with Gasteiger partial charge in [-0.2, -0.15) is 0 Å². The number of halogens is 1. The number of amides is 1. The van der Waals surface area contributed by atoms with Crippen LogP contribution in [0.5, 0.6) is 0 Å². The maximum absolute atomic E-state index is 12.5. The van der Waals surface area contributed by atoms with Crippen LogP contribution < -0.4 is 5.32 Å². The molecule has 1 saturated carbocycles. The smallest absolute Gasteiger partial charge is 0.408 e. The summed E-state index contributed by atoms with van der Waals surface area (Å²) in [7, 11) is 0. The van der Waals surface area contributed by atoms with Crippen LogP contribution in [0.4, 0.5) is 4.79 Å². The Hall–Kier alpha value is -1.55. The number of carbonyl (C=O) groups excluding carboxylic acids is 2. The Morgan fingerprint density at radius 2 is 1.95 bits per heavy atom. The number of carbonyl (C=O) groups is 2. The highest BCUT2D eigenvalue weighted by molar-refractivity contribution is 6.31. The molecule has 0 atom stereocenters. The lowest BCUT2D eigenvalue weighted by Gasteiger charge is -2.23. The molecular formula is C17H22ClNO3. The molecule has 1 aliphatic rings. The van der Waals surface area contributed by atoms with Crippen LogP contribution in [0.25, 0.3) is 0 Å². The number of nitrogens with one attached hydrogen (secondary N) is 1. The van der Waals surface area contributed by atoms with E-state index in [0.29, 0.717) is 17.9 Å². The largest absolute Gasteiger partial charge is 0.444 e. The lowest BCUT2D eigenvalue weighted by Crippen LogP contribution is -2.46. The van der Waals surface area contributed by atoms with E-state index in [4.69, 9.17) is 16.3 Å². The normalized spacial score (nSPS) is 16.0. The van der Waals surface area contributed by atoms with Gasteiger partial charge in [0.25, 0.3) is 0 Å². The average molecular weight is 324 g/mol. The van der Waals surface area contributed by atoms with E-state index in [1.807, 2.05) is 19.1 Å². The van der Waals surface area contributed by atoms with Crippen LogP contribution in [0.3, 0.4) is 0 Å². The second kappa shape index (κ2) is 5.92. The van der Waals surface area contributed by atoms with Crippen molar-refractivity contribution in [3.8, 4) is 0 Å². The third kappa shape index (κ3) is 4.23. The lowest BCUT2D eigenvalue weighted by molar-refractivity contribution is -0.121. The van der Waals surface area contributed by atoms with Crippen LogP contribution in [-0.4, -0.2) is 23.0 Å². The SMILES string of the molecule is Cc1cc(CC(=O)C2(NC(=O)OC(C)(C)C)CC2)ccc1Cl. The number of hydrogen-bond acceptors (Lipinski definition) is 3. The minimum atomic E-state index is -0.754. The Morgan fingerprint density at radius 1 is 1.32 bits per heavy atom. The van der Waals surface area contributed by atoms with Crippen LogP contribution in [0.2, 0.25) is 5.02 Å². The maximum atomic E-state index is 12.5. The van der Waals surface area contributed by atoms with Gasteiger partial charge in [-0.15, -0.1) is 0 Å². The number of alkyl carbamates (subject to hydrolysis) is 1. The summed E-state index contributed by atoms with van der Waals surface area (Å²) in [6, 6.07) is 5.54. The summed E-state index contributed by atoms with van der Waals surface area (Å²) in [6.07, 6.45) is 1.08. The van der Waals surface area contributed by atoms with Crippen molar-refractivity contribution in [2.45, 2.75) is 58.1 Å². The standard InChI is InChI=1S/C17H22ClNO3/c1-11-9-12(5-6-13(11)18)10-14(20)17(7-8-17)19-15(21)22-16(2,3)4/h5-6,9H,7-8,10H2,1-4H3,(H,19,21). The average Bonchev–Trinajstić information content (AvgIpc) is 3.12. The van der Waals surface area contributed by atoms with Gasteiger partial charge in [-0.25, -0.2) is 4.79 Å². The van der Waals surface area contributed by atoms with Gasteiger partial charge in [0.15, 0.2) is 5.78 Å². The highest BCUT2D eigenvalue weighted by Gasteiger charge is 2.51. The molecule has 4 nitrogen and oxygen atoms in total. The van der Waals surface area contributed by atoms with E-state index in [0.717, 1.165) is 11.1 Å². The number of Topliss-reactive ketones (excluding diaryl/α,β-unsaturated/α-hetero) is 1. The number of ketones is 1. The van der Waals surface area contributed by atoms with Gasteiger partial charge in [-0.3, -0.25) is 4.79 Å². The third-order valence-corrected chi connectivity index (χ3v) is 4.04. The second-order valence-electron chi connectivity index (χ2n) is 6.89. The van der Waals surface area contributed by atoms with E-state index < -0.39 is 17.2 Å². The molecule has 0 saturated heterocycles. The van der Waals surface area contributed by atoms with Gasteiger partial charge in [0.1, 0.15) is 11.1 Å². The molecule has 1 N–H and O–H groups in total. The van der Waals surface area contributed by atoms with Crippen LogP contribution in [-0.2, 0) is 16.0 Å². The summed E-state index contributed by atoms with van der Waals surface area (Å²) in [4.78, 5) is 24.4. The van der Waals surface area contributed by atoms with Gasteiger partial charge in [0.2, 0.25) is 0 Å². The van der Waals surface area contributed by atoms with E-state index in [2.05, 4.69) is 5.32 Å². The van der Waals surface area contributed by atoms with Crippen LogP contribution in [0.1, 0.15) is 44.7 Å². The maximum Gasteiger partial charge on any atom is 0.408 e. The molecular weight excluding hydrogens is 302 g/mol. The molecule has 2 rings (SSSR count). The topological polar surface area (TPSA) is 55.4 Å². The molecule has 1 aromatic carbocycles. The first kappa shape index (κ1) is 16.8. The second-order valence-corrected chi connectivity index (χ2v) is 7.30. The van der Waals surface area contributed by atoms with E-state index in [1.165, 1.54) is 0 Å². The molecule has 1 aromatic rings. The highest BCUT2D eigenvalue weighted by Crippen LogP contribution is 2.37. The van der Waals surface area contributed by atoms with Crippen molar-refractivity contribution in [2.24, 2.45) is 0 Å². The van der Waals surface area contributed by atoms with Crippen LogP contribution in [0, 0.1) is 6.92 Å². The Kier molecular flexibility index (Phi) is 4.52. The summed E-state index contributed by atoms with van der Waals surface area (Å²) in [6.45, 7) is 7.29. The predicted molar refractivity (Wildman–Crippen MR) is 86.2 cm³/mol. The fourth-order valence-corrected chi connectivity index (χ4v) is 2.39. The summed E-state index contributed by atoms with van der Waals surface area (Å²) >= 11 is 5.99.